The molecule has 2 rings (SSSR count). The Bertz CT molecular complexity index is 350. The summed E-state index contributed by atoms with van der Waals surface area (Å²) in [5.74, 6) is 0. The maximum Gasteiger partial charge on any atom is 0.0942 e. The number of nitrogens with zero attached hydrogens (tertiary/aromatic N) is 1. The number of benzene rings is 1. The Labute approximate surface area is 107 Å². The molecule has 1 heterocycles. The van der Waals surface area contributed by atoms with Gasteiger partial charge in [-0.1, -0.05) is 0 Å². The molecule has 1 aromatic rings. The largest absolute Gasteiger partial charge is 0.394 e. The fourth-order valence-corrected chi connectivity index (χ4v) is 1.91. The first kappa shape index (κ1) is 13.1. The first-order valence-electron chi connectivity index (χ1n) is 6.25. The second-order valence-electron chi connectivity index (χ2n) is 4.36. The minimum Gasteiger partial charge on any atom is -0.394 e. The van der Waals surface area contributed by atoms with Gasteiger partial charge < -0.3 is 25.2 Å². The second-order valence-corrected chi connectivity index (χ2v) is 4.36. The van der Waals surface area contributed by atoms with Gasteiger partial charge in [-0.3, -0.25) is 0 Å². The molecule has 1 aromatic carbocycles. The number of rotatable bonds is 5. The van der Waals surface area contributed by atoms with Crippen LogP contribution in [0.15, 0.2) is 24.3 Å². The van der Waals surface area contributed by atoms with Gasteiger partial charge in [0.15, 0.2) is 0 Å². The van der Waals surface area contributed by atoms with Gasteiger partial charge in [-0.25, -0.2) is 0 Å². The van der Waals surface area contributed by atoms with E-state index in [1.165, 1.54) is 5.69 Å². The number of hydrogen-bond acceptors (Lipinski definition) is 5. The Morgan fingerprint density at radius 2 is 1.89 bits per heavy atom. The van der Waals surface area contributed by atoms with Crippen LogP contribution in [0, 0.1) is 0 Å². The SMILES string of the molecule is OC[C@@H](O)CNc1ccc(N2CCOCC2)cc1. The van der Waals surface area contributed by atoms with E-state index in [2.05, 4.69) is 22.3 Å². The standard InChI is InChI=1S/C13H20N2O3/c16-10-13(17)9-14-11-1-3-12(4-2-11)15-5-7-18-8-6-15/h1-4,13-14,16-17H,5-10H2/t13-/m0/s1. The molecule has 1 saturated heterocycles. The summed E-state index contributed by atoms with van der Waals surface area (Å²) in [5, 5.41) is 21.0. The number of nitrogens with one attached hydrogen (secondary N) is 1. The molecule has 1 aliphatic heterocycles. The highest BCUT2D eigenvalue weighted by Crippen LogP contribution is 2.18. The second kappa shape index (κ2) is 6.58. The molecule has 0 bridgehead atoms. The summed E-state index contributed by atoms with van der Waals surface area (Å²) in [6.45, 7) is 3.55. The molecule has 0 amide bonds. The van der Waals surface area contributed by atoms with Crippen molar-refractivity contribution in [3.8, 4) is 0 Å². The van der Waals surface area contributed by atoms with Crippen LogP contribution in [0.25, 0.3) is 0 Å². The van der Waals surface area contributed by atoms with E-state index in [1.807, 2.05) is 12.1 Å². The summed E-state index contributed by atoms with van der Waals surface area (Å²) < 4.78 is 5.32. The van der Waals surface area contributed by atoms with Crippen LogP contribution in [0.5, 0.6) is 0 Å². The van der Waals surface area contributed by atoms with E-state index in [0.717, 1.165) is 32.0 Å². The van der Waals surface area contributed by atoms with E-state index in [0.29, 0.717) is 6.54 Å². The molecule has 0 spiro atoms. The summed E-state index contributed by atoms with van der Waals surface area (Å²) in [7, 11) is 0. The number of aliphatic hydroxyl groups is 2. The molecule has 1 atom stereocenters. The Kier molecular flexibility index (Phi) is 4.81. The molecule has 0 saturated carbocycles. The van der Waals surface area contributed by atoms with Crippen molar-refractivity contribution in [2.45, 2.75) is 6.10 Å². The molecule has 5 heteroatoms. The van der Waals surface area contributed by atoms with Crippen molar-refractivity contribution < 1.29 is 14.9 Å². The number of anilines is 2. The molecule has 5 nitrogen and oxygen atoms in total. The molecular formula is C13H20N2O3. The fourth-order valence-electron chi connectivity index (χ4n) is 1.91. The summed E-state index contributed by atoms with van der Waals surface area (Å²) in [6.07, 6.45) is -0.719. The van der Waals surface area contributed by atoms with Gasteiger partial charge >= 0.3 is 0 Å². The maximum atomic E-state index is 9.24. The minimum absolute atomic E-state index is 0.223. The molecule has 0 aromatic heterocycles. The lowest BCUT2D eigenvalue weighted by molar-refractivity contribution is 0.105. The van der Waals surface area contributed by atoms with Crippen molar-refractivity contribution in [1.29, 1.82) is 0 Å². The van der Waals surface area contributed by atoms with Gasteiger partial charge in [0.05, 0.1) is 25.9 Å². The van der Waals surface area contributed by atoms with Crippen LogP contribution in [-0.2, 0) is 4.74 Å². The van der Waals surface area contributed by atoms with E-state index in [9.17, 15) is 5.11 Å². The third-order valence-corrected chi connectivity index (χ3v) is 3.00. The average Bonchev–Trinajstić information content (AvgIpc) is 2.46. The number of aliphatic hydroxyl groups excluding tert-OH is 2. The molecule has 0 radical (unpaired) electrons. The molecule has 3 N–H and O–H groups in total. The highest BCUT2D eigenvalue weighted by atomic mass is 16.5. The van der Waals surface area contributed by atoms with Gasteiger partial charge in [-0.2, -0.15) is 0 Å². The predicted octanol–water partition coefficient (Wildman–Crippen LogP) is 0.288. The minimum atomic E-state index is -0.719. The van der Waals surface area contributed by atoms with Gasteiger partial charge in [0.25, 0.3) is 0 Å². The Morgan fingerprint density at radius 3 is 2.50 bits per heavy atom. The summed E-state index contributed by atoms with van der Waals surface area (Å²) in [6, 6.07) is 8.07. The van der Waals surface area contributed by atoms with E-state index in [-0.39, 0.29) is 6.61 Å². The van der Waals surface area contributed by atoms with Gasteiger partial charge in [0.1, 0.15) is 0 Å². The van der Waals surface area contributed by atoms with Gasteiger partial charge in [0, 0.05) is 31.0 Å². The first-order valence-corrected chi connectivity index (χ1v) is 6.25. The van der Waals surface area contributed by atoms with E-state index in [1.54, 1.807) is 0 Å². The van der Waals surface area contributed by atoms with E-state index in [4.69, 9.17) is 9.84 Å². The number of ether oxygens (including phenoxy) is 1. The van der Waals surface area contributed by atoms with Gasteiger partial charge in [0.2, 0.25) is 0 Å². The van der Waals surface area contributed by atoms with Crippen LogP contribution in [-0.4, -0.2) is 55.8 Å². The molecule has 1 aliphatic rings. The monoisotopic (exact) mass is 252 g/mol. The lowest BCUT2D eigenvalue weighted by Crippen LogP contribution is -2.36. The van der Waals surface area contributed by atoms with Crippen molar-refractivity contribution >= 4 is 11.4 Å². The topological polar surface area (TPSA) is 65.0 Å². The van der Waals surface area contributed by atoms with Gasteiger partial charge in [-0.05, 0) is 24.3 Å². The third kappa shape index (κ3) is 3.60. The summed E-state index contributed by atoms with van der Waals surface area (Å²) in [4.78, 5) is 2.29. The van der Waals surface area contributed by atoms with Crippen LogP contribution in [0.1, 0.15) is 0 Å². The molecule has 0 aliphatic carbocycles. The quantitative estimate of drug-likeness (QED) is 0.703. The molecule has 1 fully saturated rings. The van der Waals surface area contributed by atoms with Crippen LogP contribution >= 0.6 is 0 Å². The summed E-state index contributed by atoms with van der Waals surface area (Å²) in [5.41, 5.74) is 2.13. The lowest BCUT2D eigenvalue weighted by atomic mass is 10.2. The highest BCUT2D eigenvalue weighted by molar-refractivity contribution is 5.55. The third-order valence-electron chi connectivity index (χ3n) is 3.00. The molecule has 0 unspecified atom stereocenters. The smallest absolute Gasteiger partial charge is 0.0942 e. The predicted molar refractivity (Wildman–Crippen MR) is 71.1 cm³/mol. The van der Waals surface area contributed by atoms with E-state index < -0.39 is 6.10 Å². The normalized spacial score (nSPS) is 17.6. The zero-order chi connectivity index (χ0) is 12.8. The molecular weight excluding hydrogens is 232 g/mol. The van der Waals surface area contributed by atoms with Crippen molar-refractivity contribution in [3.05, 3.63) is 24.3 Å². The summed E-state index contributed by atoms with van der Waals surface area (Å²) >= 11 is 0. The molecule has 100 valence electrons. The van der Waals surface area contributed by atoms with Crippen LogP contribution < -0.4 is 10.2 Å². The van der Waals surface area contributed by atoms with Gasteiger partial charge in [-0.15, -0.1) is 0 Å². The Morgan fingerprint density at radius 1 is 1.22 bits per heavy atom. The lowest BCUT2D eigenvalue weighted by Gasteiger charge is -2.29. The number of morpholine rings is 1. The Hall–Kier alpha value is -1.30. The fraction of sp³-hybridized carbons (Fsp3) is 0.538. The van der Waals surface area contributed by atoms with Crippen LogP contribution in [0.3, 0.4) is 0 Å². The zero-order valence-electron chi connectivity index (χ0n) is 10.4. The average molecular weight is 252 g/mol. The molecule has 18 heavy (non-hydrogen) atoms. The van der Waals surface area contributed by atoms with Crippen molar-refractivity contribution in [1.82, 2.24) is 0 Å². The highest BCUT2D eigenvalue weighted by Gasteiger charge is 2.10. The van der Waals surface area contributed by atoms with Crippen LogP contribution in [0.4, 0.5) is 11.4 Å². The van der Waals surface area contributed by atoms with Crippen molar-refractivity contribution in [2.75, 3.05) is 49.7 Å². The van der Waals surface area contributed by atoms with Crippen molar-refractivity contribution in [2.24, 2.45) is 0 Å². The number of hydrogen-bond donors (Lipinski definition) is 3. The van der Waals surface area contributed by atoms with Crippen LogP contribution in [0.2, 0.25) is 0 Å². The zero-order valence-corrected chi connectivity index (χ0v) is 10.4. The maximum absolute atomic E-state index is 9.24. The van der Waals surface area contributed by atoms with E-state index >= 15 is 0 Å². The van der Waals surface area contributed by atoms with Crippen molar-refractivity contribution in [3.63, 3.8) is 0 Å². The first-order chi connectivity index (χ1) is 8.79. The Balaban J connectivity index is 1.88.